The van der Waals surface area contributed by atoms with Crippen molar-refractivity contribution in [1.29, 1.82) is 0 Å². The molecule has 140 valence electrons. The minimum atomic E-state index is 0.281. The number of hydrogen-bond acceptors (Lipinski definition) is 4. The Morgan fingerprint density at radius 3 is 2.48 bits per heavy atom. The zero-order valence-electron chi connectivity index (χ0n) is 15.7. The third kappa shape index (κ3) is 6.55. The van der Waals surface area contributed by atoms with Gasteiger partial charge in [0.1, 0.15) is 5.75 Å². The van der Waals surface area contributed by atoms with Gasteiger partial charge in [-0.15, -0.1) is 0 Å². The van der Waals surface area contributed by atoms with Gasteiger partial charge in [-0.05, 0) is 30.5 Å². The van der Waals surface area contributed by atoms with Crippen molar-refractivity contribution < 1.29 is 9.84 Å². The molecule has 0 aliphatic carbocycles. The van der Waals surface area contributed by atoms with Gasteiger partial charge < -0.3 is 20.5 Å². The predicted octanol–water partition coefficient (Wildman–Crippen LogP) is 1.80. The lowest BCUT2D eigenvalue weighted by atomic mass is 10.0. The maximum atomic E-state index is 9.37. The van der Waals surface area contributed by atoms with Gasteiger partial charge in [0.2, 0.25) is 0 Å². The number of hydrogen-bond donors (Lipinski definition) is 3. The average molecular weight is 348 g/mol. The summed E-state index contributed by atoms with van der Waals surface area (Å²) in [7, 11) is 0. The number of morpholine rings is 1. The summed E-state index contributed by atoms with van der Waals surface area (Å²) < 4.78 is 5.47. The topological polar surface area (TPSA) is 69.1 Å². The van der Waals surface area contributed by atoms with Crippen molar-refractivity contribution in [1.82, 2.24) is 15.5 Å². The maximum absolute atomic E-state index is 9.37. The molecule has 1 fully saturated rings. The summed E-state index contributed by atoms with van der Waals surface area (Å²) in [6, 6.07) is 7.64. The summed E-state index contributed by atoms with van der Waals surface area (Å²) in [4.78, 5) is 7.16. The zero-order valence-corrected chi connectivity index (χ0v) is 15.7. The first-order valence-corrected chi connectivity index (χ1v) is 9.22. The van der Waals surface area contributed by atoms with Crippen LogP contribution in [0.3, 0.4) is 0 Å². The first-order chi connectivity index (χ1) is 12.1. The van der Waals surface area contributed by atoms with Crippen LogP contribution in [0.4, 0.5) is 0 Å². The Labute approximate surface area is 151 Å². The molecule has 6 nitrogen and oxygen atoms in total. The van der Waals surface area contributed by atoms with Crippen molar-refractivity contribution in [2.75, 3.05) is 39.4 Å². The van der Waals surface area contributed by atoms with Crippen LogP contribution < -0.4 is 10.6 Å². The minimum Gasteiger partial charge on any atom is -0.508 e. The molecule has 0 amide bonds. The van der Waals surface area contributed by atoms with E-state index in [1.165, 1.54) is 0 Å². The van der Waals surface area contributed by atoms with Gasteiger partial charge in [-0.2, -0.15) is 0 Å². The van der Waals surface area contributed by atoms with E-state index in [0.717, 1.165) is 50.9 Å². The van der Waals surface area contributed by atoms with Crippen LogP contribution in [-0.2, 0) is 11.3 Å². The molecule has 1 aliphatic heterocycles. The van der Waals surface area contributed by atoms with Crippen LogP contribution in [0.25, 0.3) is 0 Å². The van der Waals surface area contributed by atoms with Crippen LogP contribution in [0.2, 0.25) is 0 Å². The summed E-state index contributed by atoms with van der Waals surface area (Å²) >= 11 is 0. The number of nitrogens with zero attached hydrogens (tertiary/aromatic N) is 2. The molecule has 0 spiro atoms. The molecule has 1 heterocycles. The highest BCUT2D eigenvalue weighted by atomic mass is 16.5. The van der Waals surface area contributed by atoms with Gasteiger partial charge in [-0.3, -0.25) is 4.90 Å². The smallest absolute Gasteiger partial charge is 0.191 e. The lowest BCUT2D eigenvalue weighted by Crippen LogP contribution is -2.52. The molecular formula is C19H32N4O2. The third-order valence-corrected chi connectivity index (χ3v) is 4.46. The molecule has 1 saturated heterocycles. The fraction of sp³-hybridized carbons (Fsp3) is 0.632. The van der Waals surface area contributed by atoms with Crippen LogP contribution in [0.1, 0.15) is 26.3 Å². The normalized spacial score (nSPS) is 17.5. The fourth-order valence-electron chi connectivity index (χ4n) is 3.01. The summed E-state index contributed by atoms with van der Waals surface area (Å²) in [5.41, 5.74) is 1.07. The third-order valence-electron chi connectivity index (χ3n) is 4.46. The first kappa shape index (κ1) is 19.5. The average Bonchev–Trinajstić information content (AvgIpc) is 2.61. The van der Waals surface area contributed by atoms with Crippen LogP contribution in [-0.4, -0.2) is 61.4 Å². The van der Waals surface area contributed by atoms with Crippen molar-refractivity contribution >= 4 is 5.96 Å². The highest BCUT2D eigenvalue weighted by Crippen LogP contribution is 2.12. The Balaban J connectivity index is 1.93. The molecule has 0 radical (unpaired) electrons. The molecule has 3 N–H and O–H groups in total. The highest BCUT2D eigenvalue weighted by Gasteiger charge is 2.23. The number of nitrogens with one attached hydrogen (secondary N) is 2. The number of ether oxygens (including phenoxy) is 1. The van der Waals surface area contributed by atoms with Gasteiger partial charge in [0.05, 0.1) is 19.8 Å². The monoisotopic (exact) mass is 348 g/mol. The SMILES string of the molecule is CCNC(=NCc1ccc(O)cc1)NCC(C(C)C)N1CCOCC1. The largest absolute Gasteiger partial charge is 0.508 e. The van der Waals surface area contributed by atoms with E-state index in [0.29, 0.717) is 18.5 Å². The second-order valence-corrected chi connectivity index (χ2v) is 6.70. The predicted molar refractivity (Wildman–Crippen MR) is 102 cm³/mol. The molecule has 25 heavy (non-hydrogen) atoms. The number of aromatic hydroxyl groups is 1. The number of rotatable bonds is 7. The lowest BCUT2D eigenvalue weighted by molar-refractivity contribution is 0.00752. The van der Waals surface area contributed by atoms with E-state index in [4.69, 9.17) is 4.74 Å². The minimum absolute atomic E-state index is 0.281. The highest BCUT2D eigenvalue weighted by molar-refractivity contribution is 5.79. The molecular weight excluding hydrogens is 316 g/mol. The Morgan fingerprint density at radius 1 is 1.20 bits per heavy atom. The van der Waals surface area contributed by atoms with E-state index in [1.807, 2.05) is 12.1 Å². The van der Waals surface area contributed by atoms with Gasteiger partial charge >= 0.3 is 0 Å². The van der Waals surface area contributed by atoms with Gasteiger partial charge in [0, 0.05) is 32.2 Å². The van der Waals surface area contributed by atoms with Gasteiger partial charge in [-0.1, -0.05) is 26.0 Å². The van der Waals surface area contributed by atoms with Crippen molar-refractivity contribution in [3.63, 3.8) is 0 Å². The molecule has 1 aromatic rings. The summed E-state index contributed by atoms with van der Waals surface area (Å²) in [6.07, 6.45) is 0. The fourth-order valence-corrected chi connectivity index (χ4v) is 3.01. The number of aliphatic imine (C=N–C) groups is 1. The second kappa shape index (κ2) is 10.3. The quantitative estimate of drug-likeness (QED) is 0.518. The van der Waals surface area contributed by atoms with Crippen LogP contribution in [0.15, 0.2) is 29.3 Å². The van der Waals surface area contributed by atoms with E-state index in [9.17, 15) is 5.11 Å². The van der Waals surface area contributed by atoms with E-state index in [2.05, 4.69) is 41.3 Å². The number of guanidine groups is 1. The lowest BCUT2D eigenvalue weighted by Gasteiger charge is -2.37. The molecule has 6 heteroatoms. The summed E-state index contributed by atoms with van der Waals surface area (Å²) in [5, 5.41) is 16.2. The number of phenols is 1. The molecule has 0 saturated carbocycles. The Morgan fingerprint density at radius 2 is 1.88 bits per heavy atom. The molecule has 0 bridgehead atoms. The van der Waals surface area contributed by atoms with E-state index in [1.54, 1.807) is 12.1 Å². The van der Waals surface area contributed by atoms with E-state index in [-0.39, 0.29) is 5.75 Å². The summed E-state index contributed by atoms with van der Waals surface area (Å²) in [5.74, 6) is 1.67. The van der Waals surface area contributed by atoms with Crippen molar-refractivity contribution in [3.8, 4) is 5.75 Å². The van der Waals surface area contributed by atoms with E-state index >= 15 is 0 Å². The van der Waals surface area contributed by atoms with Crippen LogP contribution >= 0.6 is 0 Å². The molecule has 1 atom stereocenters. The van der Waals surface area contributed by atoms with Crippen molar-refractivity contribution in [2.24, 2.45) is 10.9 Å². The maximum Gasteiger partial charge on any atom is 0.191 e. The van der Waals surface area contributed by atoms with Gasteiger partial charge in [0.25, 0.3) is 0 Å². The van der Waals surface area contributed by atoms with Gasteiger partial charge in [0.15, 0.2) is 5.96 Å². The molecule has 2 rings (SSSR count). The second-order valence-electron chi connectivity index (χ2n) is 6.70. The van der Waals surface area contributed by atoms with Crippen LogP contribution in [0.5, 0.6) is 5.75 Å². The Hall–Kier alpha value is -1.79. The van der Waals surface area contributed by atoms with E-state index < -0.39 is 0 Å². The van der Waals surface area contributed by atoms with Gasteiger partial charge in [-0.25, -0.2) is 4.99 Å². The number of phenolic OH excluding ortho intramolecular Hbond substituents is 1. The molecule has 1 aromatic carbocycles. The zero-order chi connectivity index (χ0) is 18.1. The molecule has 0 aromatic heterocycles. The van der Waals surface area contributed by atoms with Crippen LogP contribution in [0, 0.1) is 5.92 Å². The standard InChI is InChI=1S/C19H32N4O2/c1-4-20-19(21-13-16-5-7-17(24)8-6-16)22-14-18(15(2)3)23-9-11-25-12-10-23/h5-8,15,18,24H,4,9-14H2,1-3H3,(H2,20,21,22). The Bertz CT molecular complexity index is 525. The van der Waals surface area contributed by atoms with Crippen molar-refractivity contribution in [2.45, 2.75) is 33.4 Å². The van der Waals surface area contributed by atoms with Crippen molar-refractivity contribution in [3.05, 3.63) is 29.8 Å². The molecule has 1 unspecified atom stereocenters. The number of benzene rings is 1. The summed E-state index contributed by atoms with van der Waals surface area (Å²) in [6.45, 7) is 12.5. The first-order valence-electron chi connectivity index (χ1n) is 9.22. The Kier molecular flexibility index (Phi) is 8.01. The molecule has 1 aliphatic rings.